The van der Waals surface area contributed by atoms with E-state index < -0.39 is 0 Å². The van der Waals surface area contributed by atoms with Crippen LogP contribution in [0.25, 0.3) is 27.9 Å². The molecule has 3 aromatic rings. The van der Waals surface area contributed by atoms with Crippen LogP contribution in [0, 0.1) is 11.8 Å². The maximum absolute atomic E-state index is 12.6. The zero-order chi connectivity index (χ0) is 18.7. The number of hydrogen-bond acceptors (Lipinski definition) is 2. The van der Waals surface area contributed by atoms with Crippen molar-refractivity contribution in [2.24, 2.45) is 11.8 Å². The van der Waals surface area contributed by atoms with Crippen LogP contribution in [0.15, 0.2) is 42.6 Å². The van der Waals surface area contributed by atoms with Crippen molar-refractivity contribution in [2.45, 2.75) is 27.7 Å². The van der Waals surface area contributed by atoms with Crippen molar-refractivity contribution in [1.82, 2.24) is 14.9 Å². The van der Waals surface area contributed by atoms with Crippen molar-refractivity contribution in [3.63, 3.8) is 0 Å². The van der Waals surface area contributed by atoms with E-state index in [1.807, 2.05) is 35.4 Å². The van der Waals surface area contributed by atoms with Crippen molar-refractivity contribution >= 4 is 33.8 Å². The van der Waals surface area contributed by atoms with Crippen molar-refractivity contribution in [1.29, 1.82) is 0 Å². The Bertz CT molecular complexity index is 927. The molecule has 0 spiro atoms. The molecule has 3 rings (SSSR count). The van der Waals surface area contributed by atoms with Gasteiger partial charge in [-0.1, -0.05) is 45.9 Å². The first kappa shape index (κ1) is 18.2. The molecule has 0 unspecified atom stereocenters. The lowest BCUT2D eigenvalue weighted by atomic mass is 10.1. The van der Waals surface area contributed by atoms with E-state index in [0.717, 1.165) is 35.2 Å². The van der Waals surface area contributed by atoms with Gasteiger partial charge in [-0.3, -0.25) is 9.78 Å². The van der Waals surface area contributed by atoms with Gasteiger partial charge in [-0.15, -0.1) is 0 Å². The largest absolute Gasteiger partial charge is 0.353 e. The minimum absolute atomic E-state index is 0.0493. The molecule has 2 heterocycles. The van der Waals surface area contributed by atoms with Gasteiger partial charge in [-0.25, -0.2) is 0 Å². The molecule has 0 saturated heterocycles. The van der Waals surface area contributed by atoms with Gasteiger partial charge in [-0.05, 0) is 30.0 Å². The summed E-state index contributed by atoms with van der Waals surface area (Å²) in [4.78, 5) is 22.4. The number of aromatic nitrogens is 2. The second-order valence-electron chi connectivity index (χ2n) is 7.69. The number of fused-ring (bicyclic) bond motifs is 3. The van der Waals surface area contributed by atoms with Gasteiger partial charge in [0.25, 0.3) is 0 Å². The average molecular weight is 349 g/mol. The second-order valence-corrected chi connectivity index (χ2v) is 7.69. The van der Waals surface area contributed by atoms with E-state index in [9.17, 15) is 4.79 Å². The number of H-pyrrole nitrogens is 1. The van der Waals surface area contributed by atoms with Crippen LogP contribution < -0.4 is 0 Å². The summed E-state index contributed by atoms with van der Waals surface area (Å²) in [6.07, 6.45) is 5.30. The lowest BCUT2D eigenvalue weighted by molar-refractivity contribution is -0.127. The summed E-state index contributed by atoms with van der Waals surface area (Å²) in [7, 11) is 0. The molecule has 1 N–H and O–H groups in total. The van der Waals surface area contributed by atoms with Crippen LogP contribution in [0.5, 0.6) is 0 Å². The van der Waals surface area contributed by atoms with Crippen LogP contribution in [0.1, 0.15) is 33.4 Å². The van der Waals surface area contributed by atoms with Gasteiger partial charge in [0.1, 0.15) is 0 Å². The number of benzene rings is 1. The quantitative estimate of drug-likeness (QED) is 0.645. The predicted octanol–water partition coefficient (Wildman–Crippen LogP) is 4.87. The zero-order valence-corrected chi connectivity index (χ0v) is 16.0. The molecule has 1 amide bonds. The van der Waals surface area contributed by atoms with Gasteiger partial charge >= 0.3 is 0 Å². The van der Waals surface area contributed by atoms with Gasteiger partial charge in [0, 0.05) is 35.5 Å². The summed E-state index contributed by atoms with van der Waals surface area (Å²) >= 11 is 0. The Morgan fingerprint density at radius 3 is 2.46 bits per heavy atom. The summed E-state index contributed by atoms with van der Waals surface area (Å²) in [6, 6.07) is 10.2. The predicted molar refractivity (Wildman–Crippen MR) is 109 cm³/mol. The molecule has 136 valence electrons. The van der Waals surface area contributed by atoms with Crippen molar-refractivity contribution in [3.8, 4) is 0 Å². The number of carbonyl (C=O) groups is 1. The number of rotatable bonds is 6. The normalized spacial score (nSPS) is 12.1. The number of nitrogens with zero attached hydrogens (tertiary/aromatic N) is 2. The topological polar surface area (TPSA) is 49.0 Å². The lowest BCUT2D eigenvalue weighted by Gasteiger charge is -2.25. The Labute approximate surface area is 154 Å². The zero-order valence-electron chi connectivity index (χ0n) is 16.0. The Kier molecular flexibility index (Phi) is 5.40. The molecule has 0 aliphatic carbocycles. The molecule has 0 fully saturated rings. The van der Waals surface area contributed by atoms with E-state index in [1.165, 1.54) is 5.39 Å². The van der Waals surface area contributed by atoms with E-state index in [4.69, 9.17) is 0 Å². The molecule has 0 saturated carbocycles. The highest BCUT2D eigenvalue weighted by molar-refractivity contribution is 6.07. The standard InChI is InChI=1S/C22H27N3O/c1-15(2)13-25(14-16(3)4)22(26)10-9-17-11-19-18-7-5-6-8-20(18)24-21(19)12-23-17/h5-12,15-16,24H,13-14H2,1-4H3/b10-9+. The first-order chi connectivity index (χ1) is 12.4. The van der Waals surface area contributed by atoms with Crippen LogP contribution in [0.4, 0.5) is 0 Å². The second kappa shape index (κ2) is 7.73. The SMILES string of the molecule is CC(C)CN(CC(C)C)C(=O)/C=C/c1cc2c(cn1)[nH]c1ccccc12. The first-order valence-corrected chi connectivity index (χ1v) is 9.27. The number of pyridine rings is 1. The van der Waals surface area contributed by atoms with Gasteiger partial charge in [0.05, 0.1) is 17.4 Å². The summed E-state index contributed by atoms with van der Waals surface area (Å²) in [5.74, 6) is 0.951. The van der Waals surface area contributed by atoms with Gasteiger partial charge in [0.2, 0.25) is 5.91 Å². The minimum Gasteiger partial charge on any atom is -0.353 e. The number of amides is 1. The monoisotopic (exact) mass is 349 g/mol. The van der Waals surface area contributed by atoms with Gasteiger partial charge in [-0.2, -0.15) is 0 Å². The Balaban J connectivity index is 1.84. The lowest BCUT2D eigenvalue weighted by Crippen LogP contribution is -2.35. The molecular weight excluding hydrogens is 322 g/mol. The first-order valence-electron chi connectivity index (χ1n) is 9.27. The van der Waals surface area contributed by atoms with Crippen LogP contribution >= 0.6 is 0 Å². The number of hydrogen-bond donors (Lipinski definition) is 1. The third-order valence-corrected chi connectivity index (χ3v) is 4.29. The molecule has 4 heteroatoms. The molecule has 0 bridgehead atoms. The van der Waals surface area contributed by atoms with Gasteiger partial charge in [0.15, 0.2) is 0 Å². The van der Waals surface area contributed by atoms with E-state index >= 15 is 0 Å². The number of para-hydroxylation sites is 1. The maximum atomic E-state index is 12.6. The minimum atomic E-state index is 0.0493. The highest BCUT2D eigenvalue weighted by Crippen LogP contribution is 2.25. The molecular formula is C22H27N3O. The van der Waals surface area contributed by atoms with Crippen molar-refractivity contribution in [3.05, 3.63) is 48.3 Å². The summed E-state index contributed by atoms with van der Waals surface area (Å²) < 4.78 is 0. The highest BCUT2D eigenvalue weighted by Gasteiger charge is 2.14. The molecule has 1 aromatic carbocycles. The fourth-order valence-electron chi connectivity index (χ4n) is 3.26. The van der Waals surface area contributed by atoms with E-state index in [2.05, 4.69) is 49.8 Å². The third kappa shape index (κ3) is 4.13. The van der Waals surface area contributed by atoms with Crippen LogP contribution in [-0.4, -0.2) is 33.9 Å². The van der Waals surface area contributed by atoms with Crippen molar-refractivity contribution in [2.75, 3.05) is 13.1 Å². The van der Waals surface area contributed by atoms with E-state index in [-0.39, 0.29) is 5.91 Å². The van der Waals surface area contributed by atoms with Gasteiger partial charge < -0.3 is 9.88 Å². The Hall–Kier alpha value is -2.62. The highest BCUT2D eigenvalue weighted by atomic mass is 16.2. The van der Waals surface area contributed by atoms with E-state index in [0.29, 0.717) is 11.8 Å². The average Bonchev–Trinajstić information content (AvgIpc) is 2.96. The third-order valence-electron chi connectivity index (χ3n) is 4.29. The van der Waals surface area contributed by atoms with Crippen LogP contribution in [-0.2, 0) is 4.79 Å². The summed E-state index contributed by atoms with van der Waals surface area (Å²) in [6.45, 7) is 10.1. The fraction of sp³-hybridized carbons (Fsp3) is 0.364. The number of carbonyl (C=O) groups excluding carboxylic acids is 1. The Morgan fingerprint density at radius 2 is 1.77 bits per heavy atom. The molecule has 0 radical (unpaired) electrons. The van der Waals surface area contributed by atoms with Crippen LogP contribution in [0.3, 0.4) is 0 Å². The Morgan fingerprint density at radius 1 is 1.08 bits per heavy atom. The van der Waals surface area contributed by atoms with Crippen LogP contribution in [0.2, 0.25) is 0 Å². The number of aromatic amines is 1. The summed E-state index contributed by atoms with van der Waals surface area (Å²) in [5.41, 5.74) is 2.90. The molecule has 0 aliphatic rings. The molecule has 4 nitrogen and oxygen atoms in total. The smallest absolute Gasteiger partial charge is 0.246 e. The summed E-state index contributed by atoms with van der Waals surface area (Å²) in [5, 5.41) is 2.30. The van der Waals surface area contributed by atoms with E-state index in [1.54, 1.807) is 6.08 Å². The van der Waals surface area contributed by atoms with Crippen molar-refractivity contribution < 1.29 is 4.79 Å². The molecule has 26 heavy (non-hydrogen) atoms. The molecule has 2 aromatic heterocycles. The molecule has 0 aliphatic heterocycles. The number of nitrogens with one attached hydrogen (secondary N) is 1. The maximum Gasteiger partial charge on any atom is 0.246 e. The molecule has 0 atom stereocenters. The fourth-order valence-corrected chi connectivity index (χ4v) is 3.26.